The molecule has 2 atom stereocenters. The van der Waals surface area contributed by atoms with Crippen molar-refractivity contribution < 1.29 is 13.7 Å². The molecule has 9 heteroatoms. The molecular formula is C25H33N5O3S. The highest BCUT2D eigenvalue weighted by molar-refractivity contribution is 7.85. The van der Waals surface area contributed by atoms with Gasteiger partial charge in [-0.15, -0.1) is 0 Å². The van der Waals surface area contributed by atoms with Crippen LogP contribution in [0.15, 0.2) is 29.2 Å². The van der Waals surface area contributed by atoms with Gasteiger partial charge in [0.2, 0.25) is 11.9 Å². The number of nitrogens with zero attached hydrogens (tertiary/aromatic N) is 4. The Labute approximate surface area is 203 Å². The molecule has 0 aliphatic carbocycles. The first-order chi connectivity index (χ1) is 16.4. The monoisotopic (exact) mass is 483 g/mol. The van der Waals surface area contributed by atoms with Crippen molar-refractivity contribution in [3.63, 3.8) is 0 Å². The Morgan fingerprint density at radius 1 is 1.15 bits per heavy atom. The Kier molecular flexibility index (Phi) is 6.33. The summed E-state index contributed by atoms with van der Waals surface area (Å²) in [5.41, 5.74) is 3.03. The Hall–Kier alpha value is -2.52. The van der Waals surface area contributed by atoms with Crippen molar-refractivity contribution >= 4 is 28.5 Å². The molecular weight excluding hydrogens is 450 g/mol. The van der Waals surface area contributed by atoms with Crippen LogP contribution in [0.1, 0.15) is 42.5 Å². The summed E-state index contributed by atoms with van der Waals surface area (Å²) < 4.78 is 18.8. The number of hydrogen-bond donors (Lipinski definition) is 1. The van der Waals surface area contributed by atoms with Crippen LogP contribution < -0.4 is 10.2 Å². The lowest BCUT2D eigenvalue weighted by atomic mass is 9.84. The molecule has 1 N–H and O–H groups in total. The quantitative estimate of drug-likeness (QED) is 0.699. The van der Waals surface area contributed by atoms with Crippen molar-refractivity contribution in [3.05, 3.63) is 41.1 Å². The molecule has 0 saturated carbocycles. The third kappa shape index (κ3) is 4.31. The topological polar surface area (TPSA) is 87.7 Å². The van der Waals surface area contributed by atoms with Crippen LogP contribution in [0.2, 0.25) is 0 Å². The molecule has 182 valence electrons. The van der Waals surface area contributed by atoms with Gasteiger partial charge in [-0.1, -0.05) is 29.8 Å². The lowest BCUT2D eigenvalue weighted by Crippen LogP contribution is -2.45. The molecule has 2 aromatic rings. The molecule has 8 nitrogen and oxygen atoms in total. The number of likely N-dealkylation sites (N-methyl/N-ethyl adjacent to an activating group) is 1. The van der Waals surface area contributed by atoms with E-state index in [2.05, 4.69) is 41.4 Å². The van der Waals surface area contributed by atoms with Crippen molar-refractivity contribution in [3.8, 4) is 0 Å². The Bertz CT molecular complexity index is 1100. The number of aromatic nitrogens is 2. The van der Waals surface area contributed by atoms with Crippen molar-refractivity contribution in [1.29, 1.82) is 0 Å². The zero-order chi connectivity index (χ0) is 23.9. The van der Waals surface area contributed by atoms with Crippen LogP contribution in [0, 0.1) is 6.92 Å². The van der Waals surface area contributed by atoms with Crippen LogP contribution in [-0.2, 0) is 32.4 Å². The number of likely N-dealkylation sites (tertiary alicyclic amines) is 1. The predicted octanol–water partition coefficient (Wildman–Crippen LogP) is 2.62. The second-order valence-electron chi connectivity index (χ2n) is 9.65. The van der Waals surface area contributed by atoms with Crippen molar-refractivity contribution in [1.82, 2.24) is 14.9 Å². The van der Waals surface area contributed by atoms with Gasteiger partial charge in [-0.2, -0.15) is 4.98 Å². The highest BCUT2D eigenvalue weighted by Gasteiger charge is 2.38. The van der Waals surface area contributed by atoms with E-state index >= 15 is 0 Å². The van der Waals surface area contributed by atoms with Crippen LogP contribution in [0.3, 0.4) is 0 Å². The minimum atomic E-state index is -1.09. The Balaban J connectivity index is 1.37. The summed E-state index contributed by atoms with van der Waals surface area (Å²) >= 11 is 0. The highest BCUT2D eigenvalue weighted by Crippen LogP contribution is 2.38. The van der Waals surface area contributed by atoms with Gasteiger partial charge >= 0.3 is 0 Å². The van der Waals surface area contributed by atoms with Gasteiger partial charge in [0.25, 0.3) is 0 Å². The number of carbonyl (C=O) groups excluding carboxylic acids is 1. The van der Waals surface area contributed by atoms with E-state index in [-0.39, 0.29) is 17.6 Å². The second-order valence-corrected chi connectivity index (χ2v) is 11.2. The number of amides is 1. The number of methoxy groups -OCH3 is 1. The largest absolute Gasteiger partial charge is 0.373 e. The first kappa shape index (κ1) is 23.2. The summed E-state index contributed by atoms with van der Waals surface area (Å²) in [7, 11) is 2.53. The summed E-state index contributed by atoms with van der Waals surface area (Å²) in [4.78, 5) is 26.3. The van der Waals surface area contributed by atoms with Crippen LogP contribution in [0.5, 0.6) is 0 Å². The second kappa shape index (κ2) is 9.26. The van der Waals surface area contributed by atoms with Gasteiger partial charge in [0.15, 0.2) is 0 Å². The number of hydrogen-bond acceptors (Lipinski definition) is 7. The third-order valence-corrected chi connectivity index (χ3v) is 8.92. The number of nitrogens with one attached hydrogen (secondary N) is 1. The van der Waals surface area contributed by atoms with Crippen molar-refractivity contribution in [2.45, 2.75) is 55.6 Å². The zero-order valence-electron chi connectivity index (χ0n) is 20.2. The van der Waals surface area contributed by atoms with Crippen LogP contribution in [-0.4, -0.2) is 70.6 Å². The van der Waals surface area contributed by atoms with Gasteiger partial charge in [0, 0.05) is 58.4 Å². The molecule has 1 amide bonds. The number of ether oxygens (including phenoxy) is 1. The minimum absolute atomic E-state index is 0.0937. The maximum Gasteiger partial charge on any atom is 0.227 e. The fourth-order valence-corrected chi connectivity index (χ4v) is 6.60. The molecule has 1 unspecified atom stereocenters. The third-order valence-electron chi connectivity index (χ3n) is 7.47. The predicted molar refractivity (Wildman–Crippen MR) is 133 cm³/mol. The van der Waals surface area contributed by atoms with Crippen molar-refractivity contribution in [2.24, 2.45) is 0 Å². The molecule has 2 fully saturated rings. The fourth-order valence-electron chi connectivity index (χ4n) is 5.28. The summed E-state index contributed by atoms with van der Waals surface area (Å²) in [5, 5.41) is 3.51. The van der Waals surface area contributed by atoms with Crippen molar-refractivity contribution in [2.75, 3.05) is 49.8 Å². The van der Waals surface area contributed by atoms with E-state index in [9.17, 15) is 9.00 Å². The average Bonchev–Trinajstić information content (AvgIpc) is 3.23. The maximum absolute atomic E-state index is 12.7. The molecule has 0 bridgehead atoms. The molecule has 34 heavy (non-hydrogen) atoms. The lowest BCUT2D eigenvalue weighted by Gasteiger charge is -2.41. The normalized spacial score (nSPS) is 24.3. The van der Waals surface area contributed by atoms with Gasteiger partial charge in [-0.25, -0.2) is 4.98 Å². The molecule has 3 aliphatic rings. The number of carbonyl (C=O) groups is 1. The fraction of sp³-hybridized carbons (Fsp3) is 0.560. The number of fused-ring (bicyclic) bond motifs is 1. The lowest BCUT2D eigenvalue weighted by molar-refractivity contribution is -0.132. The molecule has 1 aromatic heterocycles. The van der Waals surface area contributed by atoms with Crippen LogP contribution in [0.4, 0.5) is 11.8 Å². The standard InChI is InChI=1S/C25H33N5O3S/c1-17-4-6-18(7-5-17)25(33-3)11-13-30(14-12-25)24-27-20-10-15-34(32)22(20)23(28-24)26-19-8-9-21(31)29(2)16-19/h4-7,19H,8-16H2,1-3H3,(H,26,27,28)/t19-,34?/m0/s1. The minimum Gasteiger partial charge on any atom is -0.373 e. The van der Waals surface area contributed by atoms with Gasteiger partial charge in [0.05, 0.1) is 22.1 Å². The molecule has 0 spiro atoms. The average molecular weight is 484 g/mol. The summed E-state index contributed by atoms with van der Waals surface area (Å²) in [6, 6.07) is 8.71. The van der Waals surface area contributed by atoms with Gasteiger partial charge in [-0.05, 0) is 31.7 Å². The van der Waals surface area contributed by atoms with E-state index in [1.54, 1.807) is 12.0 Å². The molecule has 4 heterocycles. The van der Waals surface area contributed by atoms with Gasteiger partial charge in [-0.3, -0.25) is 9.00 Å². The molecule has 2 saturated heterocycles. The molecule has 0 radical (unpaired) electrons. The molecule has 5 rings (SSSR count). The Morgan fingerprint density at radius 3 is 2.56 bits per heavy atom. The number of aryl methyl sites for hydroxylation is 2. The highest BCUT2D eigenvalue weighted by atomic mass is 32.2. The van der Waals surface area contributed by atoms with Gasteiger partial charge < -0.3 is 19.9 Å². The Morgan fingerprint density at radius 2 is 1.88 bits per heavy atom. The van der Waals surface area contributed by atoms with Crippen LogP contribution in [0.25, 0.3) is 0 Å². The number of rotatable bonds is 5. The first-order valence-electron chi connectivity index (χ1n) is 12.1. The number of anilines is 2. The summed E-state index contributed by atoms with van der Waals surface area (Å²) in [6.07, 6.45) is 3.66. The smallest absolute Gasteiger partial charge is 0.227 e. The zero-order valence-corrected chi connectivity index (χ0v) is 21.0. The van der Waals surface area contributed by atoms with Crippen LogP contribution >= 0.6 is 0 Å². The van der Waals surface area contributed by atoms with E-state index in [0.717, 1.165) is 42.9 Å². The van der Waals surface area contributed by atoms with E-state index in [1.165, 1.54) is 11.1 Å². The number of benzene rings is 1. The van der Waals surface area contributed by atoms with Gasteiger partial charge in [0.1, 0.15) is 10.7 Å². The molecule has 1 aromatic carbocycles. The van der Waals surface area contributed by atoms with E-state index < -0.39 is 10.8 Å². The molecule has 3 aliphatic heterocycles. The summed E-state index contributed by atoms with van der Waals surface area (Å²) in [6.45, 7) is 4.28. The SMILES string of the molecule is COC1(c2ccc(C)cc2)CCN(c2nc3c(c(N[C@H]4CCC(=O)N(C)C4)n2)S(=O)CC3)CC1. The maximum atomic E-state index is 12.7. The van der Waals surface area contributed by atoms with E-state index in [0.29, 0.717) is 36.9 Å². The summed E-state index contributed by atoms with van der Waals surface area (Å²) in [5.74, 6) is 2.12. The number of piperidine rings is 2. The van der Waals surface area contributed by atoms with E-state index in [4.69, 9.17) is 14.7 Å². The first-order valence-corrected chi connectivity index (χ1v) is 13.4. The van der Waals surface area contributed by atoms with E-state index in [1.807, 2.05) is 7.05 Å².